The first-order valence-corrected chi connectivity index (χ1v) is 8.03. The van der Waals surface area contributed by atoms with Crippen LogP contribution >= 0.6 is 0 Å². The Bertz CT molecular complexity index is 999. The highest BCUT2D eigenvalue weighted by Gasteiger charge is 2.09. The Balaban J connectivity index is 1.95. The standard InChI is InChI=1S/C23H17N/c1-2-17-12-14-19(15-13-17)23-16-21(18-8-4-3-5-9-18)20-10-6-7-11-22(20)24-23/h2-16H,1H2. The van der Waals surface area contributed by atoms with Crippen LogP contribution in [0.4, 0.5) is 0 Å². The van der Waals surface area contributed by atoms with E-state index in [0.717, 1.165) is 22.3 Å². The van der Waals surface area contributed by atoms with Gasteiger partial charge in [0.15, 0.2) is 0 Å². The van der Waals surface area contributed by atoms with Gasteiger partial charge in [-0.3, -0.25) is 0 Å². The smallest absolute Gasteiger partial charge is 0.0715 e. The average molecular weight is 307 g/mol. The number of benzene rings is 3. The summed E-state index contributed by atoms with van der Waals surface area (Å²) < 4.78 is 0. The van der Waals surface area contributed by atoms with Crippen molar-refractivity contribution in [3.8, 4) is 22.4 Å². The second-order valence-corrected chi connectivity index (χ2v) is 5.76. The zero-order valence-corrected chi connectivity index (χ0v) is 13.3. The summed E-state index contributed by atoms with van der Waals surface area (Å²) in [5, 5.41) is 1.18. The number of nitrogens with zero attached hydrogens (tertiary/aromatic N) is 1. The summed E-state index contributed by atoms with van der Waals surface area (Å²) in [7, 11) is 0. The summed E-state index contributed by atoms with van der Waals surface area (Å²) in [4.78, 5) is 4.86. The topological polar surface area (TPSA) is 12.9 Å². The Morgan fingerprint density at radius 1 is 0.708 bits per heavy atom. The van der Waals surface area contributed by atoms with E-state index in [4.69, 9.17) is 4.98 Å². The van der Waals surface area contributed by atoms with Gasteiger partial charge in [-0.2, -0.15) is 0 Å². The third-order valence-corrected chi connectivity index (χ3v) is 4.24. The minimum absolute atomic E-state index is 0.989. The molecule has 0 unspecified atom stereocenters. The highest BCUT2D eigenvalue weighted by Crippen LogP contribution is 2.32. The van der Waals surface area contributed by atoms with Gasteiger partial charge in [-0.25, -0.2) is 4.98 Å². The summed E-state index contributed by atoms with van der Waals surface area (Å²) in [6.45, 7) is 3.81. The molecule has 4 rings (SSSR count). The van der Waals surface area contributed by atoms with Gasteiger partial charge in [0.05, 0.1) is 11.2 Å². The van der Waals surface area contributed by atoms with Crippen LogP contribution in [0.3, 0.4) is 0 Å². The molecule has 0 saturated heterocycles. The number of fused-ring (bicyclic) bond motifs is 1. The molecule has 0 amide bonds. The van der Waals surface area contributed by atoms with E-state index in [1.54, 1.807) is 0 Å². The van der Waals surface area contributed by atoms with Crippen molar-refractivity contribution in [2.45, 2.75) is 0 Å². The van der Waals surface area contributed by atoms with Crippen LogP contribution in [0.25, 0.3) is 39.4 Å². The Labute approximate surface area is 141 Å². The van der Waals surface area contributed by atoms with Crippen molar-refractivity contribution < 1.29 is 0 Å². The van der Waals surface area contributed by atoms with E-state index in [2.05, 4.69) is 79.4 Å². The molecule has 1 heteroatoms. The van der Waals surface area contributed by atoms with Crippen LogP contribution in [0, 0.1) is 0 Å². The first-order valence-electron chi connectivity index (χ1n) is 8.03. The van der Waals surface area contributed by atoms with Crippen molar-refractivity contribution in [3.05, 3.63) is 97.1 Å². The fourth-order valence-electron chi connectivity index (χ4n) is 2.97. The molecule has 0 fully saturated rings. The average Bonchev–Trinajstić information content (AvgIpc) is 2.68. The zero-order valence-electron chi connectivity index (χ0n) is 13.3. The summed E-state index contributed by atoms with van der Waals surface area (Å²) in [6.07, 6.45) is 1.85. The predicted molar refractivity (Wildman–Crippen MR) is 103 cm³/mol. The van der Waals surface area contributed by atoms with Crippen molar-refractivity contribution in [2.75, 3.05) is 0 Å². The second-order valence-electron chi connectivity index (χ2n) is 5.76. The van der Waals surface area contributed by atoms with Crippen LogP contribution in [-0.4, -0.2) is 4.98 Å². The fourth-order valence-corrected chi connectivity index (χ4v) is 2.97. The summed E-state index contributed by atoms with van der Waals surface area (Å²) in [5.74, 6) is 0. The lowest BCUT2D eigenvalue weighted by Crippen LogP contribution is -1.89. The van der Waals surface area contributed by atoms with Crippen molar-refractivity contribution in [2.24, 2.45) is 0 Å². The van der Waals surface area contributed by atoms with Gasteiger partial charge in [0.2, 0.25) is 0 Å². The molecule has 0 radical (unpaired) electrons. The lowest BCUT2D eigenvalue weighted by molar-refractivity contribution is 1.40. The van der Waals surface area contributed by atoms with E-state index >= 15 is 0 Å². The normalized spacial score (nSPS) is 10.7. The SMILES string of the molecule is C=Cc1ccc(-c2cc(-c3ccccc3)c3ccccc3n2)cc1. The molecular formula is C23H17N. The minimum atomic E-state index is 0.989. The molecule has 0 N–H and O–H groups in total. The highest BCUT2D eigenvalue weighted by molar-refractivity contribution is 5.96. The monoisotopic (exact) mass is 307 g/mol. The molecule has 24 heavy (non-hydrogen) atoms. The van der Waals surface area contributed by atoms with E-state index in [9.17, 15) is 0 Å². The molecule has 114 valence electrons. The van der Waals surface area contributed by atoms with Crippen LogP contribution in [0.1, 0.15) is 5.56 Å². The van der Waals surface area contributed by atoms with Crippen molar-refractivity contribution in [1.82, 2.24) is 4.98 Å². The Morgan fingerprint density at radius 3 is 2.17 bits per heavy atom. The van der Waals surface area contributed by atoms with Gasteiger partial charge in [0.1, 0.15) is 0 Å². The molecule has 0 aliphatic carbocycles. The number of aromatic nitrogens is 1. The number of pyridine rings is 1. The quantitative estimate of drug-likeness (QED) is 0.438. The number of hydrogen-bond donors (Lipinski definition) is 0. The Kier molecular flexibility index (Phi) is 3.68. The molecule has 0 bridgehead atoms. The van der Waals surface area contributed by atoms with Gasteiger partial charge in [-0.05, 0) is 28.8 Å². The fraction of sp³-hybridized carbons (Fsp3) is 0. The van der Waals surface area contributed by atoms with E-state index in [1.165, 1.54) is 16.5 Å². The Morgan fingerprint density at radius 2 is 1.42 bits per heavy atom. The number of rotatable bonds is 3. The van der Waals surface area contributed by atoms with Gasteiger partial charge in [-0.1, -0.05) is 85.5 Å². The first kappa shape index (κ1) is 14.4. The maximum Gasteiger partial charge on any atom is 0.0715 e. The molecule has 0 saturated carbocycles. The summed E-state index contributed by atoms with van der Waals surface area (Å²) in [6, 6.07) is 29.3. The molecular weight excluding hydrogens is 290 g/mol. The van der Waals surface area contributed by atoms with E-state index in [1.807, 2.05) is 18.2 Å². The third-order valence-electron chi connectivity index (χ3n) is 4.24. The molecule has 1 aromatic heterocycles. The van der Waals surface area contributed by atoms with E-state index in [0.29, 0.717) is 0 Å². The first-order chi connectivity index (χ1) is 11.8. The molecule has 0 atom stereocenters. The third kappa shape index (κ3) is 2.61. The van der Waals surface area contributed by atoms with Crippen LogP contribution < -0.4 is 0 Å². The molecule has 0 spiro atoms. The highest BCUT2D eigenvalue weighted by atomic mass is 14.7. The van der Waals surface area contributed by atoms with Crippen molar-refractivity contribution in [3.63, 3.8) is 0 Å². The predicted octanol–water partition coefficient (Wildman–Crippen LogP) is 6.21. The molecule has 0 aliphatic rings. The lowest BCUT2D eigenvalue weighted by atomic mass is 9.98. The van der Waals surface area contributed by atoms with Gasteiger partial charge < -0.3 is 0 Å². The van der Waals surface area contributed by atoms with E-state index in [-0.39, 0.29) is 0 Å². The molecule has 1 heterocycles. The van der Waals surface area contributed by atoms with Crippen LogP contribution in [-0.2, 0) is 0 Å². The maximum atomic E-state index is 4.86. The van der Waals surface area contributed by atoms with Gasteiger partial charge >= 0.3 is 0 Å². The Hall–Kier alpha value is -3.19. The van der Waals surface area contributed by atoms with Gasteiger partial charge in [-0.15, -0.1) is 0 Å². The van der Waals surface area contributed by atoms with Crippen molar-refractivity contribution in [1.29, 1.82) is 0 Å². The molecule has 4 aromatic rings. The molecule has 1 nitrogen and oxygen atoms in total. The molecule has 3 aromatic carbocycles. The van der Waals surface area contributed by atoms with E-state index < -0.39 is 0 Å². The second kappa shape index (κ2) is 6.13. The van der Waals surface area contributed by atoms with Crippen molar-refractivity contribution >= 4 is 17.0 Å². The number of hydrogen-bond acceptors (Lipinski definition) is 1. The van der Waals surface area contributed by atoms with Gasteiger partial charge in [0.25, 0.3) is 0 Å². The lowest BCUT2D eigenvalue weighted by Gasteiger charge is -2.10. The maximum absolute atomic E-state index is 4.86. The van der Waals surface area contributed by atoms with Crippen LogP contribution in [0.5, 0.6) is 0 Å². The molecule has 0 aliphatic heterocycles. The zero-order chi connectivity index (χ0) is 16.4. The van der Waals surface area contributed by atoms with Crippen LogP contribution in [0.2, 0.25) is 0 Å². The minimum Gasteiger partial charge on any atom is -0.248 e. The number of para-hydroxylation sites is 1. The van der Waals surface area contributed by atoms with Gasteiger partial charge in [0, 0.05) is 10.9 Å². The summed E-state index contributed by atoms with van der Waals surface area (Å²) >= 11 is 0. The van der Waals surface area contributed by atoms with Crippen LogP contribution in [0.15, 0.2) is 91.5 Å². The largest absolute Gasteiger partial charge is 0.248 e. The summed E-state index contributed by atoms with van der Waals surface area (Å²) in [5.41, 5.74) is 6.65.